The van der Waals surface area contributed by atoms with Gasteiger partial charge in [0, 0.05) is 10.0 Å². The monoisotopic (exact) mass is 345 g/mol. The molecule has 1 fully saturated rings. The normalized spacial score (nSPS) is 16.3. The first kappa shape index (κ1) is 14.6. The summed E-state index contributed by atoms with van der Waals surface area (Å²) in [6.07, 6.45) is 3.96. The SMILES string of the molecule is COc1cc(Br)ccc1C(N)c1cccc(C2CCC2)c1. The first-order chi connectivity index (χ1) is 10.2. The van der Waals surface area contributed by atoms with Crippen molar-refractivity contribution < 1.29 is 4.74 Å². The lowest BCUT2D eigenvalue weighted by molar-refractivity contribution is 0.407. The molecule has 0 saturated heterocycles. The molecule has 1 saturated carbocycles. The maximum Gasteiger partial charge on any atom is 0.125 e. The summed E-state index contributed by atoms with van der Waals surface area (Å²) in [4.78, 5) is 0. The van der Waals surface area contributed by atoms with Crippen LogP contribution in [0.15, 0.2) is 46.9 Å². The van der Waals surface area contributed by atoms with Crippen molar-refractivity contribution in [2.45, 2.75) is 31.2 Å². The van der Waals surface area contributed by atoms with Gasteiger partial charge >= 0.3 is 0 Å². The van der Waals surface area contributed by atoms with E-state index in [2.05, 4.69) is 40.2 Å². The Morgan fingerprint density at radius 2 is 2.00 bits per heavy atom. The van der Waals surface area contributed by atoms with E-state index in [-0.39, 0.29) is 6.04 Å². The average molecular weight is 346 g/mol. The summed E-state index contributed by atoms with van der Waals surface area (Å²) in [7, 11) is 1.68. The van der Waals surface area contributed by atoms with Gasteiger partial charge in [0.05, 0.1) is 13.2 Å². The molecule has 3 heteroatoms. The van der Waals surface area contributed by atoms with E-state index in [1.54, 1.807) is 7.11 Å². The van der Waals surface area contributed by atoms with Crippen LogP contribution < -0.4 is 10.5 Å². The summed E-state index contributed by atoms with van der Waals surface area (Å²) in [6.45, 7) is 0. The summed E-state index contributed by atoms with van der Waals surface area (Å²) >= 11 is 3.47. The summed E-state index contributed by atoms with van der Waals surface area (Å²) in [5.74, 6) is 1.55. The number of nitrogens with two attached hydrogens (primary N) is 1. The predicted molar refractivity (Wildman–Crippen MR) is 89.8 cm³/mol. The molecule has 0 radical (unpaired) electrons. The van der Waals surface area contributed by atoms with Gasteiger partial charge in [-0.1, -0.05) is 52.7 Å². The van der Waals surface area contributed by atoms with Crippen LogP contribution in [0.1, 0.15) is 47.9 Å². The van der Waals surface area contributed by atoms with Gasteiger partial charge < -0.3 is 10.5 Å². The first-order valence-corrected chi connectivity index (χ1v) is 8.17. The van der Waals surface area contributed by atoms with Crippen LogP contribution in [-0.2, 0) is 0 Å². The number of halogens is 1. The van der Waals surface area contributed by atoms with E-state index in [1.165, 1.54) is 24.8 Å². The summed E-state index contributed by atoms with van der Waals surface area (Å²) in [6, 6.07) is 14.5. The second-order valence-corrected chi connectivity index (χ2v) is 6.58. The fourth-order valence-corrected chi connectivity index (χ4v) is 3.21. The Bertz CT molecular complexity index is 637. The van der Waals surface area contributed by atoms with Gasteiger partial charge in [0.15, 0.2) is 0 Å². The molecule has 3 rings (SSSR count). The highest BCUT2D eigenvalue weighted by Gasteiger charge is 2.21. The Labute approximate surface area is 134 Å². The third-order valence-electron chi connectivity index (χ3n) is 4.38. The van der Waals surface area contributed by atoms with Crippen LogP contribution in [0, 0.1) is 0 Å². The van der Waals surface area contributed by atoms with Crippen LogP contribution in [0.3, 0.4) is 0 Å². The van der Waals surface area contributed by atoms with Crippen LogP contribution >= 0.6 is 15.9 Å². The second kappa shape index (κ2) is 6.20. The first-order valence-electron chi connectivity index (χ1n) is 7.38. The van der Waals surface area contributed by atoms with Gasteiger partial charge in [-0.05, 0) is 42.0 Å². The fraction of sp³-hybridized carbons (Fsp3) is 0.333. The van der Waals surface area contributed by atoms with Gasteiger partial charge in [-0.3, -0.25) is 0 Å². The lowest BCUT2D eigenvalue weighted by Gasteiger charge is -2.27. The molecule has 1 aliphatic rings. The molecule has 1 unspecified atom stereocenters. The van der Waals surface area contributed by atoms with Crippen LogP contribution in [0.4, 0.5) is 0 Å². The van der Waals surface area contributed by atoms with E-state index in [4.69, 9.17) is 10.5 Å². The molecule has 2 aromatic carbocycles. The van der Waals surface area contributed by atoms with Crippen molar-refractivity contribution in [2.24, 2.45) is 5.73 Å². The van der Waals surface area contributed by atoms with Crippen molar-refractivity contribution in [1.29, 1.82) is 0 Å². The molecule has 0 spiro atoms. The smallest absolute Gasteiger partial charge is 0.125 e. The van der Waals surface area contributed by atoms with Crippen LogP contribution in [0.5, 0.6) is 5.75 Å². The lowest BCUT2D eigenvalue weighted by Crippen LogP contribution is -2.15. The third kappa shape index (κ3) is 2.99. The zero-order valence-electron chi connectivity index (χ0n) is 12.2. The van der Waals surface area contributed by atoms with Gasteiger partial charge in [-0.25, -0.2) is 0 Å². The zero-order chi connectivity index (χ0) is 14.8. The van der Waals surface area contributed by atoms with E-state index in [9.17, 15) is 0 Å². The van der Waals surface area contributed by atoms with Gasteiger partial charge in [-0.15, -0.1) is 0 Å². The highest BCUT2D eigenvalue weighted by molar-refractivity contribution is 9.10. The van der Waals surface area contributed by atoms with E-state index in [0.29, 0.717) is 0 Å². The number of rotatable bonds is 4. The van der Waals surface area contributed by atoms with Crippen LogP contribution in [0.2, 0.25) is 0 Å². The quantitative estimate of drug-likeness (QED) is 0.865. The van der Waals surface area contributed by atoms with Crippen molar-refractivity contribution in [2.75, 3.05) is 7.11 Å². The molecule has 21 heavy (non-hydrogen) atoms. The maximum atomic E-state index is 6.48. The van der Waals surface area contributed by atoms with Gasteiger partial charge in [0.1, 0.15) is 5.75 Å². The van der Waals surface area contributed by atoms with Crippen molar-refractivity contribution in [3.05, 3.63) is 63.6 Å². The van der Waals surface area contributed by atoms with Crippen molar-refractivity contribution in [3.8, 4) is 5.75 Å². The largest absolute Gasteiger partial charge is 0.496 e. The maximum absolute atomic E-state index is 6.48. The molecule has 110 valence electrons. The number of hydrogen-bond donors (Lipinski definition) is 1. The average Bonchev–Trinajstić information content (AvgIpc) is 2.45. The van der Waals surface area contributed by atoms with E-state index < -0.39 is 0 Å². The number of benzene rings is 2. The van der Waals surface area contributed by atoms with E-state index in [1.807, 2.05) is 18.2 Å². The van der Waals surface area contributed by atoms with Gasteiger partial charge in [-0.2, -0.15) is 0 Å². The summed E-state index contributed by atoms with van der Waals surface area (Å²) in [5, 5.41) is 0. The highest BCUT2D eigenvalue weighted by atomic mass is 79.9. The molecule has 2 N–H and O–H groups in total. The standard InChI is InChI=1S/C18H20BrNO/c1-21-17-11-15(19)8-9-16(17)18(20)14-7-3-6-13(10-14)12-4-2-5-12/h3,6-12,18H,2,4-5,20H2,1H3. The third-order valence-corrected chi connectivity index (χ3v) is 4.87. The minimum Gasteiger partial charge on any atom is -0.496 e. The molecule has 2 aromatic rings. The molecular weight excluding hydrogens is 326 g/mol. The second-order valence-electron chi connectivity index (χ2n) is 5.66. The number of methoxy groups -OCH3 is 1. The summed E-state index contributed by atoms with van der Waals surface area (Å²) in [5.41, 5.74) is 10.1. The van der Waals surface area contributed by atoms with Crippen LogP contribution in [-0.4, -0.2) is 7.11 Å². The van der Waals surface area contributed by atoms with Gasteiger partial charge in [0.2, 0.25) is 0 Å². The molecule has 0 bridgehead atoms. The van der Waals surface area contributed by atoms with Gasteiger partial charge in [0.25, 0.3) is 0 Å². The van der Waals surface area contributed by atoms with Crippen LogP contribution in [0.25, 0.3) is 0 Å². The molecule has 0 amide bonds. The van der Waals surface area contributed by atoms with E-state index >= 15 is 0 Å². The molecule has 2 nitrogen and oxygen atoms in total. The molecule has 0 aromatic heterocycles. The van der Waals surface area contributed by atoms with Crippen molar-refractivity contribution in [1.82, 2.24) is 0 Å². The lowest BCUT2D eigenvalue weighted by atomic mass is 9.79. The molecule has 1 atom stereocenters. The Morgan fingerprint density at radius 1 is 1.19 bits per heavy atom. The molecular formula is C18H20BrNO. The minimum atomic E-state index is -0.159. The minimum absolute atomic E-state index is 0.159. The Kier molecular flexibility index (Phi) is 4.32. The Morgan fingerprint density at radius 3 is 2.67 bits per heavy atom. The number of ether oxygens (including phenoxy) is 1. The Hall–Kier alpha value is -1.32. The fourth-order valence-electron chi connectivity index (χ4n) is 2.87. The summed E-state index contributed by atoms with van der Waals surface area (Å²) < 4.78 is 6.47. The molecule has 0 heterocycles. The predicted octanol–water partition coefficient (Wildman–Crippen LogP) is 4.77. The molecule has 1 aliphatic carbocycles. The van der Waals surface area contributed by atoms with Crippen molar-refractivity contribution in [3.63, 3.8) is 0 Å². The Balaban J connectivity index is 1.92. The number of hydrogen-bond acceptors (Lipinski definition) is 2. The molecule has 0 aliphatic heterocycles. The zero-order valence-corrected chi connectivity index (χ0v) is 13.8. The highest BCUT2D eigenvalue weighted by Crippen LogP contribution is 2.38. The van der Waals surface area contributed by atoms with Crippen molar-refractivity contribution >= 4 is 15.9 Å². The topological polar surface area (TPSA) is 35.2 Å². The van der Waals surface area contributed by atoms with E-state index in [0.717, 1.165) is 27.3 Å².